The van der Waals surface area contributed by atoms with Gasteiger partial charge in [0.25, 0.3) is 11.6 Å². The van der Waals surface area contributed by atoms with Gasteiger partial charge in [0.15, 0.2) is 0 Å². The van der Waals surface area contributed by atoms with Gasteiger partial charge in [0.05, 0.1) is 10.5 Å². The quantitative estimate of drug-likeness (QED) is 0.450. The molecule has 1 aromatic carbocycles. The van der Waals surface area contributed by atoms with Gasteiger partial charge in [-0.05, 0) is 30.9 Å². The van der Waals surface area contributed by atoms with Crippen molar-refractivity contribution in [1.29, 1.82) is 0 Å². The van der Waals surface area contributed by atoms with Crippen LogP contribution in [0.4, 0.5) is 24.5 Å². The average molecular weight is 430 g/mol. The average Bonchev–Trinajstić information content (AvgIpc) is 2.69. The first-order chi connectivity index (χ1) is 14.0. The van der Waals surface area contributed by atoms with E-state index in [4.69, 9.17) is 0 Å². The Morgan fingerprint density at radius 2 is 1.80 bits per heavy atom. The summed E-state index contributed by atoms with van der Waals surface area (Å²) in [7, 11) is 0. The second-order valence-electron chi connectivity index (χ2n) is 7.67. The van der Waals surface area contributed by atoms with Gasteiger partial charge in [-0.2, -0.15) is 13.2 Å². The van der Waals surface area contributed by atoms with Gasteiger partial charge in [-0.3, -0.25) is 30.6 Å². The first-order valence-corrected chi connectivity index (χ1v) is 9.72. The van der Waals surface area contributed by atoms with Crippen molar-refractivity contribution in [2.45, 2.75) is 58.2 Å². The maximum absolute atomic E-state index is 12.8. The Bertz CT molecular complexity index is 792. The number of rotatable bonds is 7. The zero-order valence-electron chi connectivity index (χ0n) is 16.7. The van der Waals surface area contributed by atoms with Crippen LogP contribution in [0.3, 0.4) is 0 Å². The Balaban J connectivity index is 2.08. The number of carbonyl (C=O) groups excluding carboxylic acids is 2. The maximum atomic E-state index is 12.8. The van der Waals surface area contributed by atoms with E-state index in [1.54, 1.807) is 13.8 Å². The minimum absolute atomic E-state index is 0.156. The number of alkyl halides is 3. The highest BCUT2D eigenvalue weighted by Gasteiger charge is 2.33. The number of anilines is 1. The fourth-order valence-electron chi connectivity index (χ4n) is 3.34. The molecule has 1 saturated carbocycles. The largest absolute Gasteiger partial charge is 0.416 e. The van der Waals surface area contributed by atoms with Gasteiger partial charge in [-0.1, -0.05) is 33.1 Å². The van der Waals surface area contributed by atoms with Crippen LogP contribution >= 0.6 is 0 Å². The van der Waals surface area contributed by atoms with Gasteiger partial charge in [-0.15, -0.1) is 0 Å². The Hall–Kier alpha value is -2.85. The molecule has 0 aromatic heterocycles. The predicted octanol–water partition coefficient (Wildman–Crippen LogP) is 3.78. The normalized spacial score (nSPS) is 16.1. The molecule has 166 valence electrons. The third-order valence-corrected chi connectivity index (χ3v) is 5.06. The lowest BCUT2D eigenvalue weighted by molar-refractivity contribution is -0.384. The summed E-state index contributed by atoms with van der Waals surface area (Å²) >= 11 is 0. The summed E-state index contributed by atoms with van der Waals surface area (Å²) in [5.74, 6) is -1.30. The van der Waals surface area contributed by atoms with Crippen molar-refractivity contribution < 1.29 is 27.7 Å². The molecule has 2 rings (SSSR count). The number of nitro benzene ring substituents is 1. The summed E-state index contributed by atoms with van der Waals surface area (Å²) in [6, 6.07) is 1.03. The van der Waals surface area contributed by atoms with E-state index in [2.05, 4.69) is 16.2 Å². The number of carbonyl (C=O) groups is 2. The molecule has 1 fully saturated rings. The maximum Gasteiger partial charge on any atom is 0.416 e. The third kappa shape index (κ3) is 6.07. The number of hydrogen-bond acceptors (Lipinski definition) is 5. The van der Waals surface area contributed by atoms with Crippen LogP contribution in [0.15, 0.2) is 18.2 Å². The van der Waals surface area contributed by atoms with Crippen molar-refractivity contribution in [2.24, 2.45) is 11.8 Å². The first kappa shape index (κ1) is 23.4. The molecular weight excluding hydrogens is 405 g/mol. The molecule has 0 spiro atoms. The van der Waals surface area contributed by atoms with E-state index >= 15 is 0 Å². The van der Waals surface area contributed by atoms with Crippen molar-refractivity contribution in [3.8, 4) is 0 Å². The molecule has 8 nitrogen and oxygen atoms in total. The molecule has 0 aliphatic heterocycles. The lowest BCUT2D eigenvalue weighted by Crippen LogP contribution is -2.52. The summed E-state index contributed by atoms with van der Waals surface area (Å²) in [6.45, 7) is 3.46. The Labute approximate surface area is 171 Å². The minimum Gasteiger partial charge on any atom is -0.344 e. The van der Waals surface area contributed by atoms with E-state index in [9.17, 15) is 32.9 Å². The molecular formula is C19H25F3N4O4. The molecule has 0 heterocycles. The van der Waals surface area contributed by atoms with Crippen molar-refractivity contribution in [1.82, 2.24) is 10.7 Å². The first-order valence-electron chi connectivity index (χ1n) is 9.72. The fraction of sp³-hybridized carbons (Fsp3) is 0.579. The standard InChI is InChI=1S/C19H25F3N4O4/c1-11(2)16(23-17(27)12-6-4-3-5-7-12)18(28)25-24-14-9-8-13(19(20,21)22)10-15(14)26(29)30/h8-12,16,24H,3-7H2,1-2H3,(H,23,27)(H,25,28)/t16-/m1/s1. The van der Waals surface area contributed by atoms with Gasteiger partial charge >= 0.3 is 6.18 Å². The van der Waals surface area contributed by atoms with Crippen LogP contribution in [-0.4, -0.2) is 22.8 Å². The molecule has 0 unspecified atom stereocenters. The zero-order valence-corrected chi connectivity index (χ0v) is 16.7. The van der Waals surface area contributed by atoms with Gasteiger partial charge in [-0.25, -0.2) is 0 Å². The molecule has 30 heavy (non-hydrogen) atoms. The van der Waals surface area contributed by atoms with Crippen LogP contribution in [0.5, 0.6) is 0 Å². The number of hydrogen-bond donors (Lipinski definition) is 3. The van der Waals surface area contributed by atoms with E-state index in [0.717, 1.165) is 38.2 Å². The molecule has 0 saturated heterocycles. The van der Waals surface area contributed by atoms with Gasteiger partial charge < -0.3 is 5.32 Å². The van der Waals surface area contributed by atoms with Crippen LogP contribution in [-0.2, 0) is 15.8 Å². The van der Waals surface area contributed by atoms with Crippen LogP contribution in [0.25, 0.3) is 0 Å². The molecule has 0 bridgehead atoms. The summed E-state index contributed by atoms with van der Waals surface area (Å²) in [5.41, 5.74) is 2.24. The lowest BCUT2D eigenvalue weighted by atomic mass is 9.88. The Morgan fingerprint density at radius 3 is 2.33 bits per heavy atom. The third-order valence-electron chi connectivity index (χ3n) is 5.06. The van der Waals surface area contributed by atoms with E-state index < -0.39 is 34.3 Å². The van der Waals surface area contributed by atoms with Crippen molar-refractivity contribution in [3.63, 3.8) is 0 Å². The lowest BCUT2D eigenvalue weighted by Gasteiger charge is -2.26. The number of benzene rings is 1. The molecule has 0 radical (unpaired) electrons. The van der Waals surface area contributed by atoms with Crippen LogP contribution in [0.2, 0.25) is 0 Å². The summed E-state index contributed by atoms with van der Waals surface area (Å²) < 4.78 is 38.4. The number of nitrogens with one attached hydrogen (secondary N) is 3. The highest BCUT2D eigenvalue weighted by molar-refractivity contribution is 5.89. The minimum atomic E-state index is -4.74. The van der Waals surface area contributed by atoms with Crippen molar-refractivity contribution in [3.05, 3.63) is 33.9 Å². The van der Waals surface area contributed by atoms with Crippen molar-refractivity contribution in [2.75, 3.05) is 5.43 Å². The monoisotopic (exact) mass is 430 g/mol. The van der Waals surface area contributed by atoms with Gasteiger partial charge in [0.2, 0.25) is 5.91 Å². The summed E-state index contributed by atoms with van der Waals surface area (Å²) in [4.78, 5) is 35.2. The fourth-order valence-corrected chi connectivity index (χ4v) is 3.34. The molecule has 3 N–H and O–H groups in total. The van der Waals surface area contributed by atoms with Gasteiger partial charge in [0.1, 0.15) is 11.7 Å². The van der Waals surface area contributed by atoms with E-state index in [0.29, 0.717) is 12.1 Å². The molecule has 1 aromatic rings. The Morgan fingerprint density at radius 1 is 1.17 bits per heavy atom. The topological polar surface area (TPSA) is 113 Å². The number of hydrazine groups is 1. The number of nitrogens with zero attached hydrogens (tertiary/aromatic N) is 1. The summed E-state index contributed by atoms with van der Waals surface area (Å²) in [6.07, 6.45) is -0.236. The summed E-state index contributed by atoms with van der Waals surface area (Å²) in [5, 5.41) is 13.9. The van der Waals surface area contributed by atoms with Crippen LogP contribution < -0.4 is 16.2 Å². The zero-order chi connectivity index (χ0) is 22.5. The molecule has 1 aliphatic carbocycles. The highest BCUT2D eigenvalue weighted by atomic mass is 19.4. The van der Waals surface area contributed by atoms with E-state index in [1.807, 2.05) is 0 Å². The predicted molar refractivity (Wildman–Crippen MR) is 103 cm³/mol. The SMILES string of the molecule is CC(C)[C@@H](NC(=O)C1CCCCC1)C(=O)NNc1ccc(C(F)(F)F)cc1[N+](=O)[O-]. The highest BCUT2D eigenvalue weighted by Crippen LogP contribution is 2.34. The van der Waals surface area contributed by atoms with Crippen LogP contribution in [0.1, 0.15) is 51.5 Å². The number of halogens is 3. The second kappa shape index (κ2) is 9.77. The smallest absolute Gasteiger partial charge is 0.344 e. The molecule has 11 heteroatoms. The van der Waals surface area contributed by atoms with E-state index in [-0.39, 0.29) is 23.4 Å². The second-order valence-corrected chi connectivity index (χ2v) is 7.67. The van der Waals surface area contributed by atoms with Gasteiger partial charge in [0, 0.05) is 12.0 Å². The number of nitro groups is 1. The van der Waals surface area contributed by atoms with Crippen molar-refractivity contribution >= 4 is 23.2 Å². The molecule has 2 amide bonds. The van der Waals surface area contributed by atoms with E-state index in [1.165, 1.54) is 0 Å². The molecule has 1 aliphatic rings. The Kier molecular flexibility index (Phi) is 7.63. The molecule has 1 atom stereocenters. The van der Waals surface area contributed by atoms with Crippen LogP contribution in [0, 0.1) is 22.0 Å². The number of amides is 2.